The number of carbonyl (C=O) groups excluding carboxylic acids is 1. The third kappa shape index (κ3) is 3.94. The zero-order chi connectivity index (χ0) is 16.4. The minimum Gasteiger partial charge on any atom is -0.406 e. The van der Waals surface area contributed by atoms with E-state index in [9.17, 15) is 18.0 Å². The Morgan fingerprint density at radius 3 is 2.91 bits per heavy atom. The maximum absolute atomic E-state index is 12.2. The number of fused-ring (bicyclic) bond motifs is 1. The molecule has 23 heavy (non-hydrogen) atoms. The van der Waals surface area contributed by atoms with Gasteiger partial charge in [0.1, 0.15) is 24.9 Å². The van der Waals surface area contributed by atoms with E-state index >= 15 is 0 Å². The minimum absolute atomic E-state index is 0.0433. The highest BCUT2D eigenvalue weighted by Crippen LogP contribution is 2.31. The van der Waals surface area contributed by atoms with Gasteiger partial charge in [-0.1, -0.05) is 11.3 Å². The number of halogens is 3. The highest BCUT2D eigenvalue weighted by Gasteiger charge is 2.31. The Balaban J connectivity index is 1.73. The number of thiazole rings is 1. The number of alkyl halides is 3. The van der Waals surface area contributed by atoms with Gasteiger partial charge >= 0.3 is 6.36 Å². The lowest BCUT2D eigenvalue weighted by Crippen LogP contribution is -2.18. The van der Waals surface area contributed by atoms with Gasteiger partial charge in [0, 0.05) is 6.07 Å². The summed E-state index contributed by atoms with van der Waals surface area (Å²) in [6.07, 6.45) is -2.07. The first kappa shape index (κ1) is 15.2. The van der Waals surface area contributed by atoms with Crippen molar-refractivity contribution in [3.05, 3.63) is 30.9 Å². The summed E-state index contributed by atoms with van der Waals surface area (Å²) in [5.74, 6) is -0.713. The molecule has 2 heterocycles. The van der Waals surface area contributed by atoms with Gasteiger partial charge < -0.3 is 10.1 Å². The van der Waals surface area contributed by atoms with Crippen molar-refractivity contribution in [1.29, 1.82) is 0 Å². The number of nitrogens with one attached hydrogen (secondary N) is 1. The summed E-state index contributed by atoms with van der Waals surface area (Å²) < 4.78 is 42.2. The predicted octanol–water partition coefficient (Wildman–Crippen LogP) is 2.43. The summed E-state index contributed by atoms with van der Waals surface area (Å²) >= 11 is 1.04. The molecule has 0 saturated heterocycles. The number of amides is 1. The molecule has 1 N–H and O–H groups in total. The summed E-state index contributed by atoms with van der Waals surface area (Å²) in [5.41, 5.74) is 0.459. The van der Waals surface area contributed by atoms with Crippen molar-refractivity contribution in [2.45, 2.75) is 12.9 Å². The van der Waals surface area contributed by atoms with E-state index in [1.54, 1.807) is 0 Å². The van der Waals surface area contributed by atoms with Gasteiger partial charge in [-0.25, -0.2) is 14.6 Å². The van der Waals surface area contributed by atoms with E-state index in [1.165, 1.54) is 29.5 Å². The van der Waals surface area contributed by atoms with E-state index in [4.69, 9.17) is 0 Å². The zero-order valence-electron chi connectivity index (χ0n) is 11.2. The van der Waals surface area contributed by atoms with Crippen LogP contribution in [0.3, 0.4) is 0 Å². The first-order valence-electron chi connectivity index (χ1n) is 6.18. The average Bonchev–Trinajstić information content (AvgIpc) is 3.05. The van der Waals surface area contributed by atoms with E-state index in [1.807, 2.05) is 0 Å². The van der Waals surface area contributed by atoms with Crippen LogP contribution in [0.25, 0.3) is 10.2 Å². The molecule has 0 aliphatic rings. The van der Waals surface area contributed by atoms with Crippen molar-refractivity contribution in [1.82, 2.24) is 19.7 Å². The Morgan fingerprint density at radius 2 is 2.22 bits per heavy atom. The molecule has 7 nitrogen and oxygen atoms in total. The number of hydrogen-bond acceptors (Lipinski definition) is 6. The summed E-state index contributed by atoms with van der Waals surface area (Å²) in [4.78, 5) is 19.6. The molecule has 120 valence electrons. The van der Waals surface area contributed by atoms with Gasteiger partial charge in [-0.15, -0.1) is 13.2 Å². The van der Waals surface area contributed by atoms with Crippen LogP contribution in [0.15, 0.2) is 30.9 Å². The van der Waals surface area contributed by atoms with Gasteiger partial charge in [-0.3, -0.25) is 4.79 Å². The highest BCUT2D eigenvalue weighted by molar-refractivity contribution is 7.22. The molecule has 1 aromatic carbocycles. The van der Waals surface area contributed by atoms with E-state index in [-0.39, 0.29) is 23.3 Å². The van der Waals surface area contributed by atoms with E-state index in [0.29, 0.717) is 10.2 Å². The van der Waals surface area contributed by atoms with Gasteiger partial charge in [0.15, 0.2) is 5.13 Å². The fourth-order valence-electron chi connectivity index (χ4n) is 1.78. The standard InChI is InChI=1S/C12H8F3N5O2S/c13-12(14,15)22-7-1-2-8-9(3-7)23-11(18-8)19-10(21)4-20-6-16-5-17-20/h1-3,5-6H,4H2,(H,18,19,21). The number of benzene rings is 1. The fourth-order valence-corrected chi connectivity index (χ4v) is 2.69. The van der Waals surface area contributed by atoms with Crippen LogP contribution in [0.5, 0.6) is 5.75 Å². The zero-order valence-corrected chi connectivity index (χ0v) is 12.1. The molecule has 0 aliphatic heterocycles. The first-order valence-corrected chi connectivity index (χ1v) is 6.99. The van der Waals surface area contributed by atoms with Crippen LogP contribution < -0.4 is 10.1 Å². The number of rotatable bonds is 4. The molecule has 0 fully saturated rings. The number of carbonyl (C=O) groups is 1. The second kappa shape index (κ2) is 5.83. The molecule has 0 radical (unpaired) electrons. The third-order valence-corrected chi connectivity index (χ3v) is 3.55. The lowest BCUT2D eigenvalue weighted by molar-refractivity contribution is -0.274. The summed E-state index contributed by atoms with van der Waals surface area (Å²) in [6.45, 7) is -0.0433. The molecule has 0 saturated carbocycles. The van der Waals surface area contributed by atoms with Crippen molar-refractivity contribution < 1.29 is 22.7 Å². The fraction of sp³-hybridized carbons (Fsp3) is 0.167. The molecule has 3 aromatic rings. The lowest BCUT2D eigenvalue weighted by Gasteiger charge is -2.07. The number of aromatic nitrogens is 4. The Kier molecular flexibility index (Phi) is 3.86. The van der Waals surface area contributed by atoms with E-state index < -0.39 is 6.36 Å². The summed E-state index contributed by atoms with van der Waals surface area (Å²) in [5, 5.41) is 6.62. The third-order valence-electron chi connectivity index (χ3n) is 2.61. The summed E-state index contributed by atoms with van der Waals surface area (Å²) in [6, 6.07) is 3.77. The highest BCUT2D eigenvalue weighted by atomic mass is 32.1. The topological polar surface area (TPSA) is 81.9 Å². The smallest absolute Gasteiger partial charge is 0.406 e. The van der Waals surface area contributed by atoms with Crippen LogP contribution in [0.2, 0.25) is 0 Å². The van der Waals surface area contributed by atoms with Crippen molar-refractivity contribution in [2.75, 3.05) is 5.32 Å². The monoisotopic (exact) mass is 343 g/mol. The minimum atomic E-state index is -4.76. The average molecular weight is 343 g/mol. The van der Waals surface area contributed by atoms with Gasteiger partial charge in [-0.05, 0) is 12.1 Å². The first-order chi connectivity index (χ1) is 10.9. The number of nitrogens with zero attached hydrogens (tertiary/aromatic N) is 4. The second-order valence-electron chi connectivity index (χ2n) is 4.34. The van der Waals surface area contributed by atoms with Gasteiger partial charge in [-0.2, -0.15) is 5.10 Å². The molecule has 11 heteroatoms. The Labute approximate surface area is 130 Å². The van der Waals surface area contributed by atoms with Crippen LogP contribution in [0.4, 0.5) is 18.3 Å². The van der Waals surface area contributed by atoms with Gasteiger partial charge in [0.25, 0.3) is 0 Å². The lowest BCUT2D eigenvalue weighted by atomic mass is 10.3. The van der Waals surface area contributed by atoms with Crippen LogP contribution >= 0.6 is 11.3 Å². The van der Waals surface area contributed by atoms with Gasteiger partial charge in [0.2, 0.25) is 5.91 Å². The molecule has 0 unspecified atom stereocenters. The quantitative estimate of drug-likeness (QED) is 0.787. The maximum atomic E-state index is 12.2. The Bertz CT molecular complexity index is 831. The van der Waals surface area contributed by atoms with Crippen LogP contribution in [0.1, 0.15) is 0 Å². The molecular formula is C12H8F3N5O2S. The Hall–Kier alpha value is -2.69. The van der Waals surface area contributed by atoms with E-state index in [0.717, 1.165) is 17.4 Å². The number of anilines is 1. The van der Waals surface area contributed by atoms with Crippen molar-refractivity contribution in [3.8, 4) is 5.75 Å². The molecule has 0 aliphatic carbocycles. The Morgan fingerprint density at radius 1 is 1.39 bits per heavy atom. The van der Waals surface area contributed by atoms with Crippen molar-refractivity contribution in [2.24, 2.45) is 0 Å². The van der Waals surface area contributed by atoms with Crippen LogP contribution in [-0.4, -0.2) is 32.0 Å². The maximum Gasteiger partial charge on any atom is 0.573 e. The molecule has 1 amide bonds. The molecule has 0 bridgehead atoms. The number of hydrogen-bond donors (Lipinski definition) is 1. The van der Waals surface area contributed by atoms with Crippen LogP contribution in [-0.2, 0) is 11.3 Å². The van der Waals surface area contributed by atoms with Crippen molar-refractivity contribution >= 4 is 32.6 Å². The largest absolute Gasteiger partial charge is 0.573 e. The molecule has 0 atom stereocenters. The van der Waals surface area contributed by atoms with Crippen molar-refractivity contribution in [3.63, 3.8) is 0 Å². The molecular weight excluding hydrogens is 335 g/mol. The van der Waals surface area contributed by atoms with Crippen LogP contribution in [0, 0.1) is 0 Å². The molecule has 3 rings (SSSR count). The second-order valence-corrected chi connectivity index (χ2v) is 5.37. The van der Waals surface area contributed by atoms with Gasteiger partial charge in [0.05, 0.1) is 10.2 Å². The number of ether oxygens (including phenoxy) is 1. The normalized spacial score (nSPS) is 11.6. The van der Waals surface area contributed by atoms with E-state index in [2.05, 4.69) is 25.1 Å². The molecule has 2 aromatic heterocycles. The SMILES string of the molecule is O=C(Cn1cncn1)Nc1nc2ccc(OC(F)(F)F)cc2s1. The summed E-state index contributed by atoms with van der Waals surface area (Å²) in [7, 11) is 0. The predicted molar refractivity (Wildman–Crippen MR) is 75.0 cm³/mol. The molecule has 0 spiro atoms.